The minimum atomic E-state index is -0.663. The zero-order valence-electron chi connectivity index (χ0n) is 19.0. The average Bonchev–Trinajstić information content (AvgIpc) is 2.71. The summed E-state index contributed by atoms with van der Waals surface area (Å²) in [5, 5.41) is 12.4. The van der Waals surface area contributed by atoms with E-state index in [-0.39, 0.29) is 12.0 Å². The molecule has 1 saturated heterocycles. The Morgan fingerprint density at radius 1 is 1.13 bits per heavy atom. The molecule has 1 aromatic rings. The minimum Gasteiger partial charge on any atom is -0.480 e. The van der Waals surface area contributed by atoms with Crippen LogP contribution < -0.4 is 10.1 Å². The van der Waals surface area contributed by atoms with Gasteiger partial charge in [-0.3, -0.25) is 4.79 Å². The van der Waals surface area contributed by atoms with Gasteiger partial charge in [-0.2, -0.15) is 5.26 Å². The van der Waals surface area contributed by atoms with E-state index in [2.05, 4.69) is 11.4 Å². The lowest BCUT2D eigenvalue weighted by Gasteiger charge is -2.37. The highest BCUT2D eigenvalue weighted by molar-refractivity contribution is 5.82. The first-order valence-corrected chi connectivity index (χ1v) is 10.7. The van der Waals surface area contributed by atoms with Crippen molar-refractivity contribution >= 4 is 17.7 Å². The van der Waals surface area contributed by atoms with E-state index in [9.17, 15) is 14.9 Å². The van der Waals surface area contributed by atoms with Crippen LogP contribution in [0.15, 0.2) is 18.2 Å². The molecule has 0 aliphatic carbocycles. The standard InChI is InChI=1S/C23H32N4O4/c1-22(2,3)31-21(29)27-12-10-26(11-13-27)20(28)19-8-6-16-14-17(7-9-18(16)30-19)25-23(4,5)15-24/h7,9,14,19,25H,6,8,10-13H2,1-5H3. The van der Waals surface area contributed by atoms with Crippen molar-refractivity contribution in [3.8, 4) is 11.8 Å². The van der Waals surface area contributed by atoms with Crippen molar-refractivity contribution in [3.05, 3.63) is 23.8 Å². The summed E-state index contributed by atoms with van der Waals surface area (Å²) in [5.74, 6) is 0.666. The summed E-state index contributed by atoms with van der Waals surface area (Å²) in [7, 11) is 0. The summed E-state index contributed by atoms with van der Waals surface area (Å²) in [6.07, 6.45) is 0.469. The van der Waals surface area contributed by atoms with Crippen LogP contribution in [0, 0.1) is 11.3 Å². The summed E-state index contributed by atoms with van der Waals surface area (Å²) in [6.45, 7) is 11.0. The Morgan fingerprint density at radius 3 is 2.39 bits per heavy atom. The highest BCUT2D eigenvalue weighted by Crippen LogP contribution is 2.31. The third kappa shape index (κ3) is 5.81. The second kappa shape index (κ2) is 8.66. The smallest absolute Gasteiger partial charge is 0.410 e. The van der Waals surface area contributed by atoms with Gasteiger partial charge in [-0.05, 0) is 71.2 Å². The Balaban J connectivity index is 1.56. The molecule has 1 atom stereocenters. The number of benzene rings is 1. The molecule has 2 aliphatic heterocycles. The lowest BCUT2D eigenvalue weighted by atomic mass is 9.99. The number of nitrogens with zero attached hydrogens (tertiary/aromatic N) is 3. The molecule has 0 bridgehead atoms. The first-order valence-electron chi connectivity index (χ1n) is 10.7. The van der Waals surface area contributed by atoms with Gasteiger partial charge in [0, 0.05) is 31.9 Å². The molecule has 8 heteroatoms. The first kappa shape index (κ1) is 22.7. The molecule has 2 aliphatic rings. The van der Waals surface area contributed by atoms with Gasteiger partial charge in [-0.1, -0.05) is 0 Å². The molecule has 1 aromatic carbocycles. The van der Waals surface area contributed by atoms with E-state index in [1.165, 1.54) is 0 Å². The number of nitriles is 1. The van der Waals surface area contributed by atoms with E-state index >= 15 is 0 Å². The van der Waals surface area contributed by atoms with E-state index in [0.717, 1.165) is 17.7 Å². The van der Waals surface area contributed by atoms with Crippen LogP contribution in [0.5, 0.6) is 5.75 Å². The SMILES string of the molecule is CC(C)(C#N)Nc1ccc2c(c1)CCC(C(=O)N1CCN(C(=O)OC(C)(C)C)CC1)O2. The van der Waals surface area contributed by atoms with Gasteiger partial charge in [0.2, 0.25) is 0 Å². The second-order valence-corrected chi connectivity index (χ2v) is 9.62. The van der Waals surface area contributed by atoms with Crippen molar-refractivity contribution in [2.24, 2.45) is 0 Å². The Hall–Kier alpha value is -2.95. The summed E-state index contributed by atoms with van der Waals surface area (Å²) in [4.78, 5) is 28.6. The Labute approximate surface area is 184 Å². The van der Waals surface area contributed by atoms with E-state index in [1.807, 2.05) is 52.8 Å². The number of aryl methyl sites for hydroxylation is 1. The lowest BCUT2D eigenvalue weighted by molar-refractivity contribution is -0.141. The molecule has 0 saturated carbocycles. The fraction of sp³-hybridized carbons (Fsp3) is 0.609. The largest absolute Gasteiger partial charge is 0.480 e. The number of hydrogen-bond donors (Lipinski definition) is 1. The van der Waals surface area contributed by atoms with Crippen LogP contribution in [-0.4, -0.2) is 65.2 Å². The molecule has 168 valence electrons. The van der Waals surface area contributed by atoms with Crippen LogP contribution in [0.25, 0.3) is 0 Å². The Bertz CT molecular complexity index is 877. The number of ether oxygens (including phenoxy) is 2. The fourth-order valence-electron chi connectivity index (χ4n) is 3.67. The van der Waals surface area contributed by atoms with Gasteiger partial charge >= 0.3 is 6.09 Å². The molecule has 1 fully saturated rings. The number of nitrogens with one attached hydrogen (secondary N) is 1. The van der Waals surface area contributed by atoms with Crippen molar-refractivity contribution in [1.29, 1.82) is 5.26 Å². The average molecular weight is 429 g/mol. The van der Waals surface area contributed by atoms with E-state index in [4.69, 9.17) is 9.47 Å². The molecule has 1 N–H and O–H groups in total. The molecule has 0 aromatic heterocycles. The van der Waals surface area contributed by atoms with Crippen molar-refractivity contribution in [3.63, 3.8) is 0 Å². The fourth-order valence-corrected chi connectivity index (χ4v) is 3.67. The molecule has 1 unspecified atom stereocenters. The highest BCUT2D eigenvalue weighted by Gasteiger charge is 2.33. The number of hydrogen-bond acceptors (Lipinski definition) is 6. The third-order valence-corrected chi connectivity index (χ3v) is 5.26. The van der Waals surface area contributed by atoms with E-state index in [0.29, 0.717) is 38.3 Å². The highest BCUT2D eigenvalue weighted by atomic mass is 16.6. The van der Waals surface area contributed by atoms with Gasteiger partial charge in [0.05, 0.1) is 6.07 Å². The number of carbonyl (C=O) groups excluding carboxylic acids is 2. The molecular weight excluding hydrogens is 396 g/mol. The predicted octanol–water partition coefficient (Wildman–Crippen LogP) is 3.17. The zero-order chi connectivity index (χ0) is 22.8. The number of anilines is 1. The number of amides is 2. The maximum Gasteiger partial charge on any atom is 0.410 e. The van der Waals surface area contributed by atoms with E-state index < -0.39 is 17.2 Å². The van der Waals surface area contributed by atoms with Crippen molar-refractivity contribution in [2.45, 2.75) is 64.7 Å². The Kier molecular flexibility index (Phi) is 6.35. The molecule has 31 heavy (non-hydrogen) atoms. The van der Waals surface area contributed by atoms with Crippen molar-refractivity contribution < 1.29 is 19.1 Å². The van der Waals surface area contributed by atoms with Gasteiger partial charge in [-0.25, -0.2) is 4.79 Å². The molecule has 2 heterocycles. The normalized spacial score (nSPS) is 19.0. The molecule has 2 amide bonds. The van der Waals surface area contributed by atoms with Crippen molar-refractivity contribution in [2.75, 3.05) is 31.5 Å². The second-order valence-electron chi connectivity index (χ2n) is 9.62. The van der Waals surface area contributed by atoms with Crippen molar-refractivity contribution in [1.82, 2.24) is 9.80 Å². The summed E-state index contributed by atoms with van der Waals surface area (Å²) >= 11 is 0. The molecule has 0 radical (unpaired) electrons. The minimum absolute atomic E-state index is 0.0395. The van der Waals surface area contributed by atoms with Crippen LogP contribution in [0.4, 0.5) is 10.5 Å². The predicted molar refractivity (Wildman–Crippen MR) is 117 cm³/mol. The van der Waals surface area contributed by atoms with Crippen LogP contribution in [0.3, 0.4) is 0 Å². The molecular formula is C23H32N4O4. The number of fused-ring (bicyclic) bond motifs is 1. The maximum absolute atomic E-state index is 13.0. The number of piperazine rings is 1. The van der Waals surface area contributed by atoms with Crippen LogP contribution in [-0.2, 0) is 16.0 Å². The summed E-state index contributed by atoms with van der Waals surface area (Å²) in [5.41, 5.74) is 0.686. The van der Waals surface area contributed by atoms with Crippen LogP contribution in [0.1, 0.15) is 46.6 Å². The maximum atomic E-state index is 13.0. The lowest BCUT2D eigenvalue weighted by Crippen LogP contribution is -2.54. The van der Waals surface area contributed by atoms with Crippen LogP contribution >= 0.6 is 0 Å². The third-order valence-electron chi connectivity index (χ3n) is 5.26. The first-order chi connectivity index (χ1) is 14.5. The zero-order valence-corrected chi connectivity index (χ0v) is 19.0. The Morgan fingerprint density at radius 2 is 1.77 bits per heavy atom. The van der Waals surface area contributed by atoms with Gasteiger partial charge in [0.15, 0.2) is 6.10 Å². The number of carbonyl (C=O) groups is 2. The summed E-state index contributed by atoms with van der Waals surface area (Å²) < 4.78 is 11.4. The quantitative estimate of drug-likeness (QED) is 0.795. The van der Waals surface area contributed by atoms with Gasteiger partial charge in [0.1, 0.15) is 16.9 Å². The molecule has 3 rings (SSSR count). The number of rotatable bonds is 3. The van der Waals surface area contributed by atoms with Crippen LogP contribution in [0.2, 0.25) is 0 Å². The molecule has 0 spiro atoms. The monoisotopic (exact) mass is 428 g/mol. The van der Waals surface area contributed by atoms with E-state index in [1.54, 1.807) is 9.80 Å². The van der Waals surface area contributed by atoms with Gasteiger partial charge < -0.3 is 24.6 Å². The summed E-state index contributed by atoms with van der Waals surface area (Å²) in [6, 6.07) is 7.92. The van der Waals surface area contributed by atoms with Gasteiger partial charge in [-0.15, -0.1) is 0 Å². The topological polar surface area (TPSA) is 94.9 Å². The molecule has 8 nitrogen and oxygen atoms in total. The van der Waals surface area contributed by atoms with Gasteiger partial charge in [0.25, 0.3) is 5.91 Å².